The summed E-state index contributed by atoms with van der Waals surface area (Å²) < 4.78 is 6.85. The number of fused-ring (bicyclic) bond motifs is 1. The Labute approximate surface area is 202 Å². The largest absolute Gasteiger partial charge is 0.494 e. The van der Waals surface area contributed by atoms with Gasteiger partial charge in [0.05, 0.1) is 16.8 Å². The van der Waals surface area contributed by atoms with E-state index >= 15 is 0 Å². The van der Waals surface area contributed by atoms with Crippen LogP contribution in [0.2, 0.25) is 0 Å². The SMILES string of the molecule is CCCCOc1cccc(C(=O)NC(=S)Nc2ccc(-c3nc4ccc(C)cc4s3)cc2)c1. The molecule has 1 aromatic heterocycles. The van der Waals surface area contributed by atoms with Crippen LogP contribution in [0.1, 0.15) is 35.7 Å². The Morgan fingerprint density at radius 2 is 1.91 bits per heavy atom. The first kappa shape index (κ1) is 22.9. The molecule has 2 N–H and O–H groups in total. The van der Waals surface area contributed by atoms with Crippen LogP contribution in [0.3, 0.4) is 0 Å². The molecule has 168 valence electrons. The number of nitrogens with zero attached hydrogens (tertiary/aromatic N) is 1. The third kappa shape index (κ3) is 5.94. The number of anilines is 1. The highest BCUT2D eigenvalue weighted by Crippen LogP contribution is 2.31. The summed E-state index contributed by atoms with van der Waals surface area (Å²) in [6, 6.07) is 21.2. The van der Waals surface area contributed by atoms with Crippen molar-refractivity contribution < 1.29 is 9.53 Å². The lowest BCUT2D eigenvalue weighted by Crippen LogP contribution is -2.34. The molecule has 1 heterocycles. The van der Waals surface area contributed by atoms with Crippen LogP contribution in [0.15, 0.2) is 66.7 Å². The molecule has 0 aliphatic carbocycles. The smallest absolute Gasteiger partial charge is 0.257 e. The molecule has 0 spiro atoms. The second-order valence-electron chi connectivity index (χ2n) is 7.71. The van der Waals surface area contributed by atoms with Crippen LogP contribution in [0, 0.1) is 6.92 Å². The van der Waals surface area contributed by atoms with Gasteiger partial charge in [-0.15, -0.1) is 11.3 Å². The van der Waals surface area contributed by atoms with Gasteiger partial charge in [-0.2, -0.15) is 0 Å². The van der Waals surface area contributed by atoms with Crippen molar-refractivity contribution in [2.75, 3.05) is 11.9 Å². The Bertz CT molecular complexity index is 1280. The zero-order valence-electron chi connectivity index (χ0n) is 18.6. The summed E-state index contributed by atoms with van der Waals surface area (Å²) in [4.78, 5) is 17.3. The third-order valence-electron chi connectivity index (χ3n) is 5.02. The molecule has 3 aromatic carbocycles. The topological polar surface area (TPSA) is 63.2 Å². The molecule has 4 rings (SSSR count). The van der Waals surface area contributed by atoms with Gasteiger partial charge < -0.3 is 10.1 Å². The summed E-state index contributed by atoms with van der Waals surface area (Å²) >= 11 is 7.00. The quantitative estimate of drug-likeness (QED) is 0.234. The van der Waals surface area contributed by atoms with Crippen LogP contribution in [0.5, 0.6) is 5.75 Å². The van der Waals surface area contributed by atoms with Crippen molar-refractivity contribution in [3.05, 3.63) is 77.9 Å². The summed E-state index contributed by atoms with van der Waals surface area (Å²) in [7, 11) is 0. The Balaban J connectivity index is 1.36. The number of carbonyl (C=O) groups excluding carboxylic acids is 1. The fourth-order valence-corrected chi connectivity index (χ4v) is 4.53. The Morgan fingerprint density at radius 3 is 2.70 bits per heavy atom. The first-order valence-corrected chi connectivity index (χ1v) is 12.1. The van der Waals surface area contributed by atoms with E-state index in [-0.39, 0.29) is 11.0 Å². The van der Waals surface area contributed by atoms with Crippen LogP contribution in [0.4, 0.5) is 5.69 Å². The van der Waals surface area contributed by atoms with E-state index in [9.17, 15) is 4.79 Å². The summed E-state index contributed by atoms with van der Waals surface area (Å²) in [5.74, 6) is 0.394. The first-order valence-electron chi connectivity index (χ1n) is 10.8. The Kier molecular flexibility index (Phi) is 7.32. The molecule has 5 nitrogen and oxygen atoms in total. The van der Waals surface area contributed by atoms with Crippen molar-refractivity contribution in [1.29, 1.82) is 0 Å². The molecule has 0 unspecified atom stereocenters. The molecule has 4 aromatic rings. The highest BCUT2D eigenvalue weighted by Gasteiger charge is 2.10. The number of rotatable bonds is 7. The molecule has 7 heteroatoms. The number of nitrogens with one attached hydrogen (secondary N) is 2. The first-order chi connectivity index (χ1) is 16.0. The summed E-state index contributed by atoms with van der Waals surface area (Å²) in [6.45, 7) is 4.82. The number of benzene rings is 3. The monoisotopic (exact) mass is 475 g/mol. The lowest BCUT2D eigenvalue weighted by Gasteiger charge is -2.11. The van der Waals surface area contributed by atoms with Crippen LogP contribution in [0.25, 0.3) is 20.8 Å². The molecular formula is C26H25N3O2S2. The van der Waals surface area contributed by atoms with E-state index in [4.69, 9.17) is 21.9 Å². The number of unbranched alkanes of at least 4 members (excludes halogenated alkanes) is 1. The van der Waals surface area contributed by atoms with Crippen LogP contribution in [-0.2, 0) is 0 Å². The molecule has 1 amide bonds. The second-order valence-corrected chi connectivity index (χ2v) is 9.14. The van der Waals surface area contributed by atoms with Gasteiger partial charge in [0.25, 0.3) is 5.91 Å². The van der Waals surface area contributed by atoms with Crippen molar-refractivity contribution >= 4 is 50.5 Å². The van der Waals surface area contributed by atoms with Crippen LogP contribution >= 0.6 is 23.6 Å². The van der Waals surface area contributed by atoms with Crippen molar-refractivity contribution in [2.45, 2.75) is 26.7 Å². The highest BCUT2D eigenvalue weighted by molar-refractivity contribution is 7.80. The lowest BCUT2D eigenvalue weighted by atomic mass is 10.2. The lowest BCUT2D eigenvalue weighted by molar-refractivity contribution is 0.0977. The van der Waals surface area contributed by atoms with Gasteiger partial charge in [0.1, 0.15) is 10.8 Å². The molecule has 0 bridgehead atoms. The van der Waals surface area contributed by atoms with Gasteiger partial charge in [0.2, 0.25) is 0 Å². The van der Waals surface area contributed by atoms with E-state index in [0.717, 1.165) is 34.6 Å². The zero-order valence-corrected chi connectivity index (χ0v) is 20.2. The average Bonchev–Trinajstić information content (AvgIpc) is 3.23. The Morgan fingerprint density at radius 1 is 1.09 bits per heavy atom. The molecule has 0 aliphatic rings. The zero-order chi connectivity index (χ0) is 23.2. The van der Waals surface area contributed by atoms with Gasteiger partial charge in [-0.1, -0.05) is 25.5 Å². The van der Waals surface area contributed by atoms with Gasteiger partial charge in [-0.3, -0.25) is 10.1 Å². The maximum Gasteiger partial charge on any atom is 0.257 e. The number of ether oxygens (including phenoxy) is 1. The summed E-state index contributed by atoms with van der Waals surface area (Å²) in [5.41, 5.74) is 4.55. The molecule has 0 saturated carbocycles. The van der Waals surface area contributed by atoms with E-state index in [1.807, 2.05) is 30.3 Å². The molecule has 0 aliphatic heterocycles. The summed E-state index contributed by atoms with van der Waals surface area (Å²) in [5, 5.41) is 7.00. The molecular weight excluding hydrogens is 450 g/mol. The van der Waals surface area contributed by atoms with E-state index in [1.54, 1.807) is 29.5 Å². The molecule has 0 atom stereocenters. The van der Waals surface area contributed by atoms with Crippen molar-refractivity contribution in [3.63, 3.8) is 0 Å². The van der Waals surface area contributed by atoms with E-state index in [0.29, 0.717) is 17.9 Å². The minimum absolute atomic E-state index is 0.237. The maximum absolute atomic E-state index is 12.6. The van der Waals surface area contributed by atoms with Crippen molar-refractivity contribution in [2.24, 2.45) is 0 Å². The number of hydrogen-bond acceptors (Lipinski definition) is 5. The van der Waals surface area contributed by atoms with E-state index in [2.05, 4.69) is 42.7 Å². The minimum atomic E-state index is -0.283. The number of hydrogen-bond donors (Lipinski definition) is 2. The third-order valence-corrected chi connectivity index (χ3v) is 6.29. The predicted molar refractivity (Wildman–Crippen MR) is 140 cm³/mol. The van der Waals surface area contributed by atoms with Gasteiger partial charge in [0, 0.05) is 16.8 Å². The number of thiocarbonyl (C=S) groups is 1. The fourth-order valence-electron chi connectivity index (χ4n) is 3.25. The van der Waals surface area contributed by atoms with Gasteiger partial charge in [0.15, 0.2) is 5.11 Å². The van der Waals surface area contributed by atoms with E-state index in [1.165, 1.54) is 10.3 Å². The molecule has 0 saturated heterocycles. The molecule has 0 fully saturated rings. The fraction of sp³-hybridized carbons (Fsp3) is 0.192. The van der Waals surface area contributed by atoms with Crippen LogP contribution < -0.4 is 15.4 Å². The highest BCUT2D eigenvalue weighted by atomic mass is 32.1. The van der Waals surface area contributed by atoms with Gasteiger partial charge >= 0.3 is 0 Å². The minimum Gasteiger partial charge on any atom is -0.494 e. The van der Waals surface area contributed by atoms with E-state index < -0.39 is 0 Å². The maximum atomic E-state index is 12.6. The number of amides is 1. The average molecular weight is 476 g/mol. The molecule has 33 heavy (non-hydrogen) atoms. The van der Waals surface area contributed by atoms with Gasteiger partial charge in [-0.05, 0) is 85.7 Å². The number of aromatic nitrogens is 1. The summed E-state index contributed by atoms with van der Waals surface area (Å²) in [6.07, 6.45) is 2.03. The van der Waals surface area contributed by atoms with Crippen molar-refractivity contribution in [3.8, 4) is 16.3 Å². The van der Waals surface area contributed by atoms with Gasteiger partial charge in [-0.25, -0.2) is 4.98 Å². The Hall–Kier alpha value is -3.29. The number of aryl methyl sites for hydroxylation is 1. The predicted octanol–water partition coefficient (Wildman–Crippen LogP) is 6.58. The number of thiazole rings is 1. The normalized spacial score (nSPS) is 10.7. The standard InChI is InChI=1S/C26H25N3O2S2/c1-3-4-14-31-21-7-5-6-19(16-21)24(30)29-26(32)27-20-11-9-18(10-12-20)25-28-22-13-8-17(2)15-23(22)33-25/h5-13,15-16H,3-4,14H2,1-2H3,(H2,27,29,30,32). The number of carbonyl (C=O) groups is 1. The van der Waals surface area contributed by atoms with Crippen LogP contribution in [-0.4, -0.2) is 22.6 Å². The van der Waals surface area contributed by atoms with Crippen molar-refractivity contribution in [1.82, 2.24) is 10.3 Å². The molecule has 0 radical (unpaired) electrons. The second kappa shape index (κ2) is 10.6.